The van der Waals surface area contributed by atoms with Crippen molar-refractivity contribution in [1.82, 2.24) is 14.7 Å². The normalized spacial score (nSPS) is 26.2. The molecule has 88 valence electrons. The Morgan fingerprint density at radius 3 is 2.81 bits per heavy atom. The van der Waals surface area contributed by atoms with E-state index in [0.717, 1.165) is 11.7 Å². The summed E-state index contributed by atoms with van der Waals surface area (Å²) in [6, 6.07) is 1.52. The molecular formula is C12H20N4. The van der Waals surface area contributed by atoms with Crippen LogP contribution in [-0.2, 0) is 7.05 Å². The van der Waals surface area contributed by atoms with Crippen molar-refractivity contribution in [3.05, 3.63) is 11.9 Å². The van der Waals surface area contributed by atoms with Gasteiger partial charge in [-0.1, -0.05) is 0 Å². The predicted molar refractivity (Wildman–Crippen MR) is 64.6 cm³/mol. The Morgan fingerprint density at radius 2 is 2.19 bits per heavy atom. The molecule has 4 nitrogen and oxygen atoms in total. The molecule has 1 N–H and O–H groups in total. The highest BCUT2D eigenvalue weighted by Gasteiger charge is 2.34. The minimum atomic E-state index is 0.614. The van der Waals surface area contributed by atoms with Crippen LogP contribution in [0.25, 0.3) is 0 Å². The number of rotatable bonds is 3. The molecule has 3 rings (SSSR count). The molecule has 2 aliphatic rings. The maximum Gasteiger partial charge on any atom is 0.0825 e. The van der Waals surface area contributed by atoms with Crippen molar-refractivity contribution in [1.29, 1.82) is 0 Å². The maximum absolute atomic E-state index is 4.36. The van der Waals surface area contributed by atoms with Gasteiger partial charge >= 0.3 is 0 Å². The van der Waals surface area contributed by atoms with Gasteiger partial charge in [-0.05, 0) is 26.2 Å². The molecule has 1 saturated carbocycles. The van der Waals surface area contributed by atoms with Crippen LogP contribution in [0.3, 0.4) is 0 Å². The lowest BCUT2D eigenvalue weighted by atomic mass is 10.2. The zero-order valence-electron chi connectivity index (χ0n) is 10.1. The number of hydrogen-bond acceptors (Lipinski definition) is 3. The molecule has 0 spiro atoms. The molecule has 1 aliphatic carbocycles. The Hall–Kier alpha value is -1.03. The number of likely N-dealkylation sites (tertiary alicyclic amines) is 1. The van der Waals surface area contributed by atoms with Crippen LogP contribution in [0.2, 0.25) is 0 Å². The van der Waals surface area contributed by atoms with Gasteiger partial charge in [0.25, 0.3) is 0 Å². The van der Waals surface area contributed by atoms with E-state index in [2.05, 4.69) is 28.4 Å². The van der Waals surface area contributed by atoms with Gasteiger partial charge in [-0.15, -0.1) is 0 Å². The van der Waals surface area contributed by atoms with Gasteiger partial charge in [0.05, 0.1) is 11.4 Å². The van der Waals surface area contributed by atoms with Crippen molar-refractivity contribution in [3.8, 4) is 0 Å². The average Bonchev–Trinajstić information content (AvgIpc) is 2.91. The third-order valence-electron chi connectivity index (χ3n) is 3.66. The summed E-state index contributed by atoms with van der Waals surface area (Å²) in [5.41, 5.74) is 2.30. The van der Waals surface area contributed by atoms with E-state index >= 15 is 0 Å². The van der Waals surface area contributed by atoms with Crippen LogP contribution in [-0.4, -0.2) is 39.9 Å². The molecule has 1 atom stereocenters. The molecule has 1 saturated heterocycles. The van der Waals surface area contributed by atoms with Gasteiger partial charge in [-0.3, -0.25) is 9.58 Å². The highest BCUT2D eigenvalue weighted by atomic mass is 15.3. The van der Waals surface area contributed by atoms with Gasteiger partial charge in [0.2, 0.25) is 0 Å². The molecule has 4 heteroatoms. The molecule has 16 heavy (non-hydrogen) atoms. The first kappa shape index (κ1) is 10.1. The second-order valence-electron chi connectivity index (χ2n) is 5.16. The molecule has 0 radical (unpaired) electrons. The van der Waals surface area contributed by atoms with Crippen LogP contribution in [0, 0.1) is 6.92 Å². The fraction of sp³-hybridized carbons (Fsp3) is 0.750. The number of hydrogen-bond donors (Lipinski definition) is 1. The van der Waals surface area contributed by atoms with E-state index in [1.165, 1.54) is 38.0 Å². The zero-order valence-corrected chi connectivity index (χ0v) is 10.1. The summed E-state index contributed by atoms with van der Waals surface area (Å²) in [5.74, 6) is 0. The third kappa shape index (κ3) is 1.94. The Kier molecular flexibility index (Phi) is 2.39. The quantitative estimate of drug-likeness (QED) is 0.835. The molecule has 0 aromatic carbocycles. The van der Waals surface area contributed by atoms with Crippen LogP contribution in [0.15, 0.2) is 6.20 Å². The first-order valence-electron chi connectivity index (χ1n) is 6.23. The van der Waals surface area contributed by atoms with E-state index in [9.17, 15) is 0 Å². The van der Waals surface area contributed by atoms with E-state index in [-0.39, 0.29) is 0 Å². The smallest absolute Gasteiger partial charge is 0.0825 e. The van der Waals surface area contributed by atoms with Crippen LogP contribution < -0.4 is 5.32 Å². The molecule has 1 aromatic heterocycles. The molecule has 1 aliphatic heterocycles. The largest absolute Gasteiger partial charge is 0.378 e. The second-order valence-corrected chi connectivity index (χ2v) is 5.16. The van der Waals surface area contributed by atoms with Gasteiger partial charge in [0, 0.05) is 38.4 Å². The fourth-order valence-corrected chi connectivity index (χ4v) is 2.64. The van der Waals surface area contributed by atoms with E-state index in [0.29, 0.717) is 6.04 Å². The van der Waals surface area contributed by atoms with Crippen LogP contribution in [0.1, 0.15) is 25.0 Å². The first-order valence-corrected chi connectivity index (χ1v) is 6.23. The summed E-state index contributed by atoms with van der Waals surface area (Å²) in [6.07, 6.45) is 6.18. The lowest BCUT2D eigenvalue weighted by Crippen LogP contribution is -2.27. The fourth-order valence-electron chi connectivity index (χ4n) is 2.64. The second kappa shape index (κ2) is 3.77. The van der Waals surface area contributed by atoms with E-state index < -0.39 is 0 Å². The lowest BCUT2D eigenvalue weighted by Gasteiger charge is -2.16. The molecule has 0 bridgehead atoms. The van der Waals surface area contributed by atoms with Crippen molar-refractivity contribution in [2.75, 3.05) is 18.4 Å². The van der Waals surface area contributed by atoms with Crippen molar-refractivity contribution in [3.63, 3.8) is 0 Å². The van der Waals surface area contributed by atoms with Crippen LogP contribution in [0.4, 0.5) is 5.69 Å². The summed E-state index contributed by atoms with van der Waals surface area (Å²) >= 11 is 0. The SMILES string of the molecule is Cc1nn(C)cc1NC1CCN(C2CC2)C1. The van der Waals surface area contributed by atoms with Crippen molar-refractivity contribution in [2.45, 2.75) is 38.3 Å². The number of nitrogens with zero attached hydrogens (tertiary/aromatic N) is 3. The minimum Gasteiger partial charge on any atom is -0.378 e. The van der Waals surface area contributed by atoms with Crippen molar-refractivity contribution in [2.24, 2.45) is 7.05 Å². The molecule has 2 fully saturated rings. The Balaban J connectivity index is 1.60. The molecule has 2 heterocycles. The topological polar surface area (TPSA) is 33.1 Å². The molecule has 1 aromatic rings. The minimum absolute atomic E-state index is 0.614. The monoisotopic (exact) mass is 220 g/mol. The standard InChI is InChI=1S/C12H20N4/c1-9-12(8-15(2)14-9)13-10-5-6-16(7-10)11-3-4-11/h8,10-11,13H,3-7H2,1-2H3. The summed E-state index contributed by atoms with van der Waals surface area (Å²) in [6.45, 7) is 4.54. The molecule has 1 unspecified atom stereocenters. The summed E-state index contributed by atoms with van der Waals surface area (Å²) in [5, 5.41) is 7.98. The number of anilines is 1. The number of nitrogens with one attached hydrogen (secondary N) is 1. The van der Waals surface area contributed by atoms with E-state index in [1.54, 1.807) is 0 Å². The molecule has 0 amide bonds. The highest BCUT2D eigenvalue weighted by Crippen LogP contribution is 2.30. The zero-order chi connectivity index (χ0) is 11.1. The number of aromatic nitrogens is 2. The van der Waals surface area contributed by atoms with Crippen molar-refractivity contribution >= 4 is 5.69 Å². The summed E-state index contributed by atoms with van der Waals surface area (Å²) < 4.78 is 1.88. The average molecular weight is 220 g/mol. The van der Waals surface area contributed by atoms with Crippen LogP contribution >= 0.6 is 0 Å². The van der Waals surface area contributed by atoms with Gasteiger partial charge in [0.1, 0.15) is 0 Å². The first-order chi connectivity index (χ1) is 7.72. The number of aryl methyl sites for hydroxylation is 2. The van der Waals surface area contributed by atoms with Gasteiger partial charge in [0.15, 0.2) is 0 Å². The van der Waals surface area contributed by atoms with Crippen molar-refractivity contribution < 1.29 is 0 Å². The maximum atomic E-state index is 4.36. The summed E-state index contributed by atoms with van der Waals surface area (Å²) in [7, 11) is 1.98. The predicted octanol–water partition coefficient (Wildman–Crippen LogP) is 1.38. The van der Waals surface area contributed by atoms with E-state index in [1.807, 2.05) is 11.7 Å². The summed E-state index contributed by atoms with van der Waals surface area (Å²) in [4.78, 5) is 2.63. The Labute approximate surface area is 96.6 Å². The Morgan fingerprint density at radius 1 is 1.38 bits per heavy atom. The van der Waals surface area contributed by atoms with Gasteiger partial charge in [-0.2, -0.15) is 5.10 Å². The van der Waals surface area contributed by atoms with Gasteiger partial charge in [-0.25, -0.2) is 0 Å². The van der Waals surface area contributed by atoms with E-state index in [4.69, 9.17) is 0 Å². The van der Waals surface area contributed by atoms with Crippen LogP contribution in [0.5, 0.6) is 0 Å². The lowest BCUT2D eigenvalue weighted by molar-refractivity contribution is 0.326. The molecular weight excluding hydrogens is 200 g/mol. The Bertz CT molecular complexity index is 380. The third-order valence-corrected chi connectivity index (χ3v) is 3.66. The highest BCUT2D eigenvalue weighted by molar-refractivity contribution is 5.46. The van der Waals surface area contributed by atoms with Gasteiger partial charge < -0.3 is 5.32 Å².